The highest BCUT2D eigenvalue weighted by Crippen LogP contribution is 2.18. The number of unbranched alkanes of at least 4 members (excludes halogenated alkanes) is 10. The number of carbonyl (C=O) groups excluding carboxylic acids is 1. The lowest BCUT2D eigenvalue weighted by Crippen LogP contribution is -2.04. The minimum Gasteiger partial charge on any atom is -0.439 e. The Hall–Kier alpha value is -0.570. The number of ether oxygens (including phenoxy) is 1. The summed E-state index contributed by atoms with van der Waals surface area (Å²) >= 11 is 0. The van der Waals surface area contributed by atoms with E-state index in [0.29, 0.717) is 6.42 Å². The summed E-state index contributed by atoms with van der Waals surface area (Å²) in [5.74, 6) is 0.584. The van der Waals surface area contributed by atoms with Gasteiger partial charge in [0.25, 0.3) is 0 Å². The third kappa shape index (κ3) is 17.6. The van der Waals surface area contributed by atoms with Gasteiger partial charge in [0.2, 0.25) is 0 Å². The quantitative estimate of drug-likeness (QED) is 0.203. The minimum atomic E-state index is -0.491. The molecule has 0 saturated carbocycles. The van der Waals surface area contributed by atoms with Crippen LogP contribution in [0.1, 0.15) is 110 Å². The van der Waals surface area contributed by atoms with Crippen LogP contribution in [0.3, 0.4) is 0 Å². The van der Waals surface area contributed by atoms with Crippen LogP contribution in [-0.2, 0) is 9.53 Å². The van der Waals surface area contributed by atoms with E-state index in [1.54, 1.807) is 0 Å². The van der Waals surface area contributed by atoms with Gasteiger partial charge in [0, 0.05) is 6.42 Å². The lowest BCUT2D eigenvalue weighted by Gasteiger charge is -2.11. The molecular formula is C20H40O3. The van der Waals surface area contributed by atoms with Gasteiger partial charge in [-0.1, -0.05) is 97.3 Å². The van der Waals surface area contributed by atoms with E-state index in [1.807, 2.05) is 0 Å². The van der Waals surface area contributed by atoms with Crippen LogP contribution < -0.4 is 0 Å². The molecule has 3 nitrogen and oxygen atoms in total. The Labute approximate surface area is 144 Å². The SMILES string of the molecule is CCCCCCCCCC(C)CCCCCCCC(=O)OCO. The molecule has 23 heavy (non-hydrogen) atoms. The van der Waals surface area contributed by atoms with Crippen molar-refractivity contribution in [2.45, 2.75) is 110 Å². The molecule has 0 saturated heterocycles. The van der Waals surface area contributed by atoms with Crippen molar-refractivity contribution < 1.29 is 14.6 Å². The van der Waals surface area contributed by atoms with Gasteiger partial charge in [-0.25, -0.2) is 0 Å². The monoisotopic (exact) mass is 328 g/mol. The van der Waals surface area contributed by atoms with Crippen molar-refractivity contribution in [3.05, 3.63) is 0 Å². The van der Waals surface area contributed by atoms with Gasteiger partial charge in [-0.15, -0.1) is 0 Å². The molecule has 0 heterocycles. The van der Waals surface area contributed by atoms with Crippen LogP contribution in [0.4, 0.5) is 0 Å². The number of rotatable bonds is 17. The van der Waals surface area contributed by atoms with Gasteiger partial charge < -0.3 is 9.84 Å². The number of aliphatic hydroxyl groups excluding tert-OH is 1. The molecular weight excluding hydrogens is 288 g/mol. The van der Waals surface area contributed by atoms with Crippen LogP contribution in [0.5, 0.6) is 0 Å². The molecule has 0 aromatic rings. The number of aliphatic hydroxyl groups is 1. The van der Waals surface area contributed by atoms with Crippen LogP contribution in [0.2, 0.25) is 0 Å². The Kier molecular flexibility index (Phi) is 17.3. The molecule has 0 aromatic heterocycles. The van der Waals surface area contributed by atoms with Crippen molar-refractivity contribution >= 4 is 5.97 Å². The number of hydrogen-bond acceptors (Lipinski definition) is 3. The average Bonchev–Trinajstić information content (AvgIpc) is 2.53. The molecule has 0 amide bonds. The smallest absolute Gasteiger partial charge is 0.307 e. The standard InChI is InChI=1S/C20H40O3/c1-3-4-5-6-7-9-12-15-19(2)16-13-10-8-11-14-17-20(22)23-18-21/h19,21H,3-18H2,1-2H3. The van der Waals surface area contributed by atoms with Crippen molar-refractivity contribution in [1.82, 2.24) is 0 Å². The van der Waals surface area contributed by atoms with Crippen LogP contribution >= 0.6 is 0 Å². The number of esters is 1. The van der Waals surface area contributed by atoms with Crippen molar-refractivity contribution in [3.63, 3.8) is 0 Å². The second kappa shape index (κ2) is 17.8. The molecule has 0 fully saturated rings. The average molecular weight is 329 g/mol. The predicted octanol–water partition coefficient (Wildman–Crippen LogP) is 5.99. The normalized spacial score (nSPS) is 12.3. The lowest BCUT2D eigenvalue weighted by molar-refractivity contribution is -0.151. The van der Waals surface area contributed by atoms with Crippen LogP contribution in [0.15, 0.2) is 0 Å². The first kappa shape index (κ1) is 22.4. The first-order valence-corrected chi connectivity index (χ1v) is 9.97. The molecule has 1 unspecified atom stereocenters. The maximum absolute atomic E-state index is 11.0. The molecule has 0 radical (unpaired) electrons. The fraction of sp³-hybridized carbons (Fsp3) is 0.950. The lowest BCUT2D eigenvalue weighted by atomic mass is 9.96. The van der Waals surface area contributed by atoms with Crippen molar-refractivity contribution in [2.75, 3.05) is 6.79 Å². The maximum atomic E-state index is 11.0. The maximum Gasteiger partial charge on any atom is 0.307 e. The summed E-state index contributed by atoms with van der Waals surface area (Å²) in [6.07, 6.45) is 18.8. The summed E-state index contributed by atoms with van der Waals surface area (Å²) in [6.45, 7) is 4.17. The summed E-state index contributed by atoms with van der Waals surface area (Å²) < 4.78 is 4.49. The van der Waals surface area contributed by atoms with Crippen molar-refractivity contribution in [1.29, 1.82) is 0 Å². The first-order chi connectivity index (χ1) is 11.2. The fourth-order valence-electron chi connectivity index (χ4n) is 3.03. The molecule has 0 aliphatic carbocycles. The molecule has 0 bridgehead atoms. The molecule has 0 rings (SSSR count). The third-order valence-electron chi connectivity index (χ3n) is 4.60. The van der Waals surface area contributed by atoms with Gasteiger partial charge in [0.1, 0.15) is 0 Å². The van der Waals surface area contributed by atoms with Gasteiger partial charge >= 0.3 is 5.97 Å². The Bertz CT molecular complexity index is 253. The fourth-order valence-corrected chi connectivity index (χ4v) is 3.03. The molecule has 3 heteroatoms. The van der Waals surface area contributed by atoms with E-state index in [9.17, 15) is 4.79 Å². The summed E-state index contributed by atoms with van der Waals surface area (Å²) in [6, 6.07) is 0. The van der Waals surface area contributed by atoms with Crippen molar-refractivity contribution in [3.8, 4) is 0 Å². The van der Waals surface area contributed by atoms with Gasteiger partial charge in [0.05, 0.1) is 0 Å². The Morgan fingerprint density at radius 2 is 1.30 bits per heavy atom. The van der Waals surface area contributed by atoms with Crippen LogP contribution in [-0.4, -0.2) is 17.9 Å². The molecule has 0 aromatic carbocycles. The number of carbonyl (C=O) groups is 1. The summed E-state index contributed by atoms with van der Waals surface area (Å²) in [4.78, 5) is 11.0. The van der Waals surface area contributed by atoms with E-state index in [1.165, 1.54) is 77.0 Å². The van der Waals surface area contributed by atoms with E-state index in [0.717, 1.165) is 18.8 Å². The van der Waals surface area contributed by atoms with Gasteiger partial charge in [-0.2, -0.15) is 0 Å². The zero-order valence-electron chi connectivity index (χ0n) is 15.7. The van der Waals surface area contributed by atoms with Crippen LogP contribution in [0, 0.1) is 5.92 Å². The molecule has 138 valence electrons. The molecule has 0 aliphatic heterocycles. The van der Waals surface area contributed by atoms with E-state index < -0.39 is 6.79 Å². The Morgan fingerprint density at radius 3 is 1.83 bits per heavy atom. The van der Waals surface area contributed by atoms with Gasteiger partial charge in [-0.3, -0.25) is 4.79 Å². The highest BCUT2D eigenvalue weighted by atomic mass is 16.6. The first-order valence-electron chi connectivity index (χ1n) is 9.97. The summed E-state index contributed by atoms with van der Waals surface area (Å²) in [5.41, 5.74) is 0. The zero-order chi connectivity index (χ0) is 17.2. The van der Waals surface area contributed by atoms with E-state index in [4.69, 9.17) is 5.11 Å². The topological polar surface area (TPSA) is 46.5 Å². The highest BCUT2D eigenvalue weighted by molar-refractivity contribution is 5.69. The molecule has 0 spiro atoms. The molecule has 1 atom stereocenters. The van der Waals surface area contributed by atoms with E-state index in [-0.39, 0.29) is 5.97 Å². The van der Waals surface area contributed by atoms with E-state index in [2.05, 4.69) is 18.6 Å². The highest BCUT2D eigenvalue weighted by Gasteiger charge is 2.03. The largest absolute Gasteiger partial charge is 0.439 e. The van der Waals surface area contributed by atoms with Gasteiger partial charge in [0.15, 0.2) is 6.79 Å². The Morgan fingerprint density at radius 1 is 0.826 bits per heavy atom. The third-order valence-corrected chi connectivity index (χ3v) is 4.60. The Balaban J connectivity index is 3.21. The second-order valence-corrected chi connectivity index (χ2v) is 6.97. The molecule has 0 aliphatic rings. The summed E-state index contributed by atoms with van der Waals surface area (Å²) in [7, 11) is 0. The minimum absolute atomic E-state index is 0.282. The van der Waals surface area contributed by atoms with Gasteiger partial charge in [-0.05, 0) is 12.3 Å². The van der Waals surface area contributed by atoms with Crippen LogP contribution in [0.25, 0.3) is 0 Å². The number of hydrogen-bond donors (Lipinski definition) is 1. The van der Waals surface area contributed by atoms with Crippen molar-refractivity contribution in [2.24, 2.45) is 5.92 Å². The summed E-state index contributed by atoms with van der Waals surface area (Å²) in [5, 5.41) is 8.44. The molecule has 1 N–H and O–H groups in total. The second-order valence-electron chi connectivity index (χ2n) is 6.97. The predicted molar refractivity (Wildman–Crippen MR) is 97.3 cm³/mol. The van der Waals surface area contributed by atoms with E-state index >= 15 is 0 Å². The zero-order valence-corrected chi connectivity index (χ0v) is 15.7.